The summed E-state index contributed by atoms with van der Waals surface area (Å²) in [5.74, 6) is 0.815. The molecule has 5 heteroatoms. The first-order valence-electron chi connectivity index (χ1n) is 6.45. The van der Waals surface area contributed by atoms with Crippen LogP contribution < -0.4 is 10.1 Å². The molecule has 2 nitrogen and oxygen atoms in total. The Morgan fingerprint density at radius 2 is 1.48 bits per heavy atom. The molecule has 0 unspecified atom stereocenters. The summed E-state index contributed by atoms with van der Waals surface area (Å²) < 4.78 is 8.32. The third-order valence-electron chi connectivity index (χ3n) is 3.23. The standard InChI is InChI=1S/C16H16Br3NO/c1-9-4-12(17)5-10(2)15(9)20-8-11-6-13(18)16(21-3)14(19)7-11/h4-7,20H,8H2,1-3H3. The maximum atomic E-state index is 5.33. The Labute approximate surface area is 150 Å². The molecule has 0 aliphatic rings. The predicted molar refractivity (Wildman–Crippen MR) is 99.3 cm³/mol. The summed E-state index contributed by atoms with van der Waals surface area (Å²) in [6.07, 6.45) is 0. The normalized spacial score (nSPS) is 10.6. The van der Waals surface area contributed by atoms with Crippen molar-refractivity contribution in [3.8, 4) is 5.75 Å². The Hall–Kier alpha value is -0.520. The van der Waals surface area contributed by atoms with Crippen molar-refractivity contribution in [2.75, 3.05) is 12.4 Å². The Balaban J connectivity index is 2.21. The molecule has 2 aromatic rings. The Bertz CT molecular complexity index is 625. The molecule has 0 bridgehead atoms. The highest BCUT2D eigenvalue weighted by molar-refractivity contribution is 9.11. The number of aryl methyl sites for hydroxylation is 2. The van der Waals surface area contributed by atoms with Crippen molar-refractivity contribution in [1.29, 1.82) is 0 Å². The lowest BCUT2D eigenvalue weighted by atomic mass is 10.1. The molecule has 0 heterocycles. The maximum Gasteiger partial charge on any atom is 0.147 e. The monoisotopic (exact) mass is 475 g/mol. The second-order valence-corrected chi connectivity index (χ2v) is 7.49. The molecular formula is C16H16Br3NO. The van der Waals surface area contributed by atoms with Gasteiger partial charge < -0.3 is 10.1 Å². The number of rotatable bonds is 4. The van der Waals surface area contributed by atoms with E-state index in [2.05, 4.69) is 91.2 Å². The number of methoxy groups -OCH3 is 1. The van der Waals surface area contributed by atoms with Gasteiger partial charge in [0.05, 0.1) is 16.1 Å². The average molecular weight is 478 g/mol. The lowest BCUT2D eigenvalue weighted by Crippen LogP contribution is -2.03. The van der Waals surface area contributed by atoms with Crippen LogP contribution in [-0.2, 0) is 6.54 Å². The number of halogens is 3. The van der Waals surface area contributed by atoms with Crippen LogP contribution in [0.1, 0.15) is 16.7 Å². The number of hydrogen-bond acceptors (Lipinski definition) is 2. The van der Waals surface area contributed by atoms with Gasteiger partial charge in [0.15, 0.2) is 0 Å². The fraction of sp³-hybridized carbons (Fsp3) is 0.250. The average Bonchev–Trinajstić information content (AvgIpc) is 2.37. The highest BCUT2D eigenvalue weighted by Crippen LogP contribution is 2.35. The van der Waals surface area contributed by atoms with Crippen molar-refractivity contribution in [1.82, 2.24) is 0 Å². The van der Waals surface area contributed by atoms with E-state index in [0.29, 0.717) is 0 Å². The van der Waals surface area contributed by atoms with Gasteiger partial charge >= 0.3 is 0 Å². The topological polar surface area (TPSA) is 21.3 Å². The zero-order chi connectivity index (χ0) is 15.6. The van der Waals surface area contributed by atoms with E-state index >= 15 is 0 Å². The zero-order valence-corrected chi connectivity index (χ0v) is 16.8. The van der Waals surface area contributed by atoms with Crippen LogP contribution in [0.5, 0.6) is 5.75 Å². The van der Waals surface area contributed by atoms with Crippen LogP contribution >= 0.6 is 47.8 Å². The molecule has 0 aliphatic heterocycles. The van der Waals surface area contributed by atoms with E-state index in [-0.39, 0.29) is 0 Å². The van der Waals surface area contributed by atoms with Gasteiger partial charge in [0.1, 0.15) is 5.75 Å². The van der Waals surface area contributed by atoms with Crippen LogP contribution in [-0.4, -0.2) is 7.11 Å². The molecule has 2 aromatic carbocycles. The van der Waals surface area contributed by atoms with Crippen molar-refractivity contribution < 1.29 is 4.74 Å². The minimum Gasteiger partial charge on any atom is -0.494 e. The molecule has 0 spiro atoms. The molecule has 0 saturated heterocycles. The molecular weight excluding hydrogens is 462 g/mol. The summed E-state index contributed by atoms with van der Waals surface area (Å²) in [6.45, 7) is 4.98. The smallest absolute Gasteiger partial charge is 0.147 e. The van der Waals surface area contributed by atoms with Crippen LogP contribution in [0.2, 0.25) is 0 Å². The second kappa shape index (κ2) is 7.16. The number of hydrogen-bond donors (Lipinski definition) is 1. The van der Waals surface area contributed by atoms with Gasteiger partial charge in [0, 0.05) is 16.7 Å². The SMILES string of the molecule is COc1c(Br)cc(CNc2c(C)cc(Br)cc2C)cc1Br. The molecule has 0 saturated carbocycles. The molecule has 112 valence electrons. The van der Waals surface area contributed by atoms with E-state index in [9.17, 15) is 0 Å². The first kappa shape index (κ1) is 16.8. The highest BCUT2D eigenvalue weighted by atomic mass is 79.9. The lowest BCUT2D eigenvalue weighted by molar-refractivity contribution is 0.409. The number of ether oxygens (including phenoxy) is 1. The summed E-state index contributed by atoms with van der Waals surface area (Å²) in [7, 11) is 1.66. The maximum absolute atomic E-state index is 5.33. The molecule has 21 heavy (non-hydrogen) atoms. The van der Waals surface area contributed by atoms with Crippen molar-refractivity contribution in [3.05, 3.63) is 54.4 Å². The van der Waals surface area contributed by atoms with Gasteiger partial charge in [-0.2, -0.15) is 0 Å². The summed E-state index contributed by atoms with van der Waals surface area (Å²) in [4.78, 5) is 0. The fourth-order valence-electron chi connectivity index (χ4n) is 2.29. The van der Waals surface area contributed by atoms with Crippen molar-refractivity contribution in [3.63, 3.8) is 0 Å². The minimum absolute atomic E-state index is 0.754. The van der Waals surface area contributed by atoms with Crippen LogP contribution in [0.3, 0.4) is 0 Å². The highest BCUT2D eigenvalue weighted by Gasteiger charge is 2.09. The molecule has 2 rings (SSSR count). The lowest BCUT2D eigenvalue weighted by Gasteiger charge is -2.15. The van der Waals surface area contributed by atoms with Gasteiger partial charge in [-0.15, -0.1) is 0 Å². The second-order valence-electron chi connectivity index (χ2n) is 4.86. The Kier molecular flexibility index (Phi) is 5.74. The molecule has 1 N–H and O–H groups in total. The molecule has 0 amide bonds. The van der Waals surface area contributed by atoms with Crippen molar-refractivity contribution in [2.24, 2.45) is 0 Å². The van der Waals surface area contributed by atoms with Crippen molar-refractivity contribution in [2.45, 2.75) is 20.4 Å². The van der Waals surface area contributed by atoms with Gasteiger partial charge in [-0.05, 0) is 86.7 Å². The first-order valence-corrected chi connectivity index (χ1v) is 8.82. The van der Waals surface area contributed by atoms with Gasteiger partial charge in [-0.25, -0.2) is 0 Å². The summed E-state index contributed by atoms with van der Waals surface area (Å²) in [5, 5.41) is 3.51. The largest absolute Gasteiger partial charge is 0.494 e. The van der Waals surface area contributed by atoms with Gasteiger partial charge in [-0.3, -0.25) is 0 Å². The van der Waals surface area contributed by atoms with E-state index in [0.717, 1.165) is 25.7 Å². The molecule has 0 radical (unpaired) electrons. The van der Waals surface area contributed by atoms with E-state index in [1.54, 1.807) is 7.11 Å². The van der Waals surface area contributed by atoms with E-state index in [4.69, 9.17) is 4.74 Å². The molecule has 0 atom stereocenters. The quantitative estimate of drug-likeness (QED) is 0.565. The zero-order valence-electron chi connectivity index (χ0n) is 12.1. The number of benzene rings is 2. The number of nitrogens with one attached hydrogen (secondary N) is 1. The van der Waals surface area contributed by atoms with E-state index in [1.807, 2.05) is 0 Å². The van der Waals surface area contributed by atoms with Crippen LogP contribution in [0, 0.1) is 13.8 Å². The molecule has 0 aromatic heterocycles. The summed E-state index contributed by atoms with van der Waals surface area (Å²) >= 11 is 10.6. The predicted octanol–water partition coefficient (Wildman–Crippen LogP) is 6.21. The third kappa shape index (κ3) is 4.02. The molecule has 0 fully saturated rings. The van der Waals surface area contributed by atoms with Gasteiger partial charge in [-0.1, -0.05) is 15.9 Å². The Morgan fingerprint density at radius 3 is 1.95 bits per heavy atom. The van der Waals surface area contributed by atoms with E-state index < -0.39 is 0 Å². The third-order valence-corrected chi connectivity index (χ3v) is 4.86. The van der Waals surface area contributed by atoms with Crippen LogP contribution in [0.4, 0.5) is 5.69 Å². The minimum atomic E-state index is 0.754. The van der Waals surface area contributed by atoms with Crippen LogP contribution in [0.15, 0.2) is 37.7 Å². The fourth-order valence-corrected chi connectivity index (χ4v) is 4.58. The van der Waals surface area contributed by atoms with Crippen LogP contribution in [0.25, 0.3) is 0 Å². The van der Waals surface area contributed by atoms with Gasteiger partial charge in [0.25, 0.3) is 0 Å². The van der Waals surface area contributed by atoms with Gasteiger partial charge in [0.2, 0.25) is 0 Å². The van der Waals surface area contributed by atoms with Crippen molar-refractivity contribution >= 4 is 53.5 Å². The summed E-state index contributed by atoms with van der Waals surface area (Å²) in [6, 6.07) is 8.38. The summed E-state index contributed by atoms with van der Waals surface area (Å²) in [5.41, 5.74) is 4.82. The first-order chi connectivity index (χ1) is 9.92. The Morgan fingerprint density at radius 1 is 0.952 bits per heavy atom. The van der Waals surface area contributed by atoms with E-state index in [1.165, 1.54) is 22.4 Å². The number of anilines is 1. The molecule has 0 aliphatic carbocycles.